The maximum Gasteiger partial charge on any atom is 0.277 e. The van der Waals surface area contributed by atoms with Crippen molar-refractivity contribution in [2.24, 2.45) is 0 Å². The molecule has 80 valence electrons. The van der Waals surface area contributed by atoms with E-state index in [9.17, 15) is 4.79 Å². The third-order valence-corrected chi connectivity index (χ3v) is 1.99. The lowest BCUT2D eigenvalue weighted by atomic mass is 10.4. The van der Waals surface area contributed by atoms with E-state index < -0.39 is 0 Å². The van der Waals surface area contributed by atoms with Crippen molar-refractivity contribution in [1.82, 2.24) is 15.0 Å². The van der Waals surface area contributed by atoms with Crippen LogP contribution >= 0.6 is 11.6 Å². The number of carbonyl (C=O) groups excluding carboxylic acids is 1. The number of pyridine rings is 1. The van der Waals surface area contributed by atoms with Gasteiger partial charge in [0.2, 0.25) is 0 Å². The minimum atomic E-state index is -0.358. The number of halogens is 1. The highest BCUT2D eigenvalue weighted by Crippen LogP contribution is 2.10. The normalized spacial score (nSPS) is 9.81. The van der Waals surface area contributed by atoms with Gasteiger partial charge < -0.3 is 5.32 Å². The molecule has 0 aliphatic rings. The summed E-state index contributed by atoms with van der Waals surface area (Å²) >= 11 is 5.67. The molecule has 0 unspecified atom stereocenters. The van der Waals surface area contributed by atoms with Crippen LogP contribution in [0.25, 0.3) is 0 Å². The van der Waals surface area contributed by atoms with E-state index in [0.29, 0.717) is 10.8 Å². The molecule has 0 spiro atoms. The molecule has 2 heterocycles. The third-order valence-electron chi connectivity index (χ3n) is 1.76. The van der Waals surface area contributed by atoms with Crippen molar-refractivity contribution in [3.05, 3.63) is 47.6 Å². The molecule has 1 amide bonds. The van der Waals surface area contributed by atoms with E-state index in [1.54, 1.807) is 12.1 Å². The number of rotatable bonds is 2. The van der Waals surface area contributed by atoms with Crippen LogP contribution < -0.4 is 5.32 Å². The lowest BCUT2D eigenvalue weighted by molar-refractivity contribution is 0.102. The number of carbonyl (C=O) groups is 1. The lowest BCUT2D eigenvalue weighted by Crippen LogP contribution is -2.14. The average Bonchev–Trinajstić information content (AvgIpc) is 2.33. The Morgan fingerprint density at radius 2 is 2.06 bits per heavy atom. The molecule has 0 radical (unpaired) electrons. The molecule has 0 fully saturated rings. The second-order valence-electron chi connectivity index (χ2n) is 2.91. The minimum absolute atomic E-state index is 0.235. The maximum atomic E-state index is 11.6. The smallest absolute Gasteiger partial charge is 0.277 e. The number of amides is 1. The van der Waals surface area contributed by atoms with Gasteiger partial charge in [-0.1, -0.05) is 11.6 Å². The fourth-order valence-corrected chi connectivity index (χ4v) is 1.16. The van der Waals surface area contributed by atoms with Gasteiger partial charge in [-0.3, -0.25) is 9.78 Å². The van der Waals surface area contributed by atoms with Gasteiger partial charge in [-0.25, -0.2) is 9.97 Å². The summed E-state index contributed by atoms with van der Waals surface area (Å²) in [6.07, 6.45) is 5.78. The van der Waals surface area contributed by atoms with Gasteiger partial charge in [-0.05, 0) is 12.1 Å². The fraction of sp³-hybridized carbons (Fsp3) is 0. The molecule has 0 saturated heterocycles. The first-order valence-electron chi connectivity index (χ1n) is 4.44. The summed E-state index contributed by atoms with van der Waals surface area (Å²) in [7, 11) is 0. The summed E-state index contributed by atoms with van der Waals surface area (Å²) in [6, 6.07) is 3.25. The van der Waals surface area contributed by atoms with E-state index in [4.69, 9.17) is 11.6 Å². The van der Waals surface area contributed by atoms with Gasteiger partial charge in [-0.15, -0.1) is 0 Å². The van der Waals surface area contributed by atoms with Crippen LogP contribution in [0, 0.1) is 0 Å². The first-order chi connectivity index (χ1) is 7.75. The Kier molecular flexibility index (Phi) is 3.07. The molecule has 0 atom stereocenters. The van der Waals surface area contributed by atoms with E-state index in [0.717, 1.165) is 0 Å². The molecule has 0 aliphatic heterocycles. The molecule has 2 aromatic heterocycles. The number of hydrogen-bond acceptors (Lipinski definition) is 4. The third kappa shape index (κ3) is 2.52. The van der Waals surface area contributed by atoms with Crippen molar-refractivity contribution in [3.63, 3.8) is 0 Å². The van der Waals surface area contributed by atoms with Crippen molar-refractivity contribution >= 4 is 23.3 Å². The summed E-state index contributed by atoms with van der Waals surface area (Å²) in [5.74, 6) is 0.0583. The summed E-state index contributed by atoms with van der Waals surface area (Å²) in [4.78, 5) is 23.2. The zero-order valence-corrected chi connectivity index (χ0v) is 8.85. The van der Waals surface area contributed by atoms with Crippen LogP contribution in [0.2, 0.25) is 5.02 Å². The Morgan fingerprint density at radius 3 is 2.69 bits per heavy atom. The van der Waals surface area contributed by atoms with Gasteiger partial charge in [0, 0.05) is 18.6 Å². The number of aromatic nitrogens is 3. The Bertz CT molecular complexity index is 486. The molecule has 0 aliphatic carbocycles. The van der Waals surface area contributed by atoms with Crippen molar-refractivity contribution in [3.8, 4) is 0 Å². The first kappa shape index (κ1) is 10.5. The molecular weight excluding hydrogens is 228 g/mol. The molecule has 5 nitrogen and oxygen atoms in total. The summed E-state index contributed by atoms with van der Waals surface area (Å²) in [5, 5.41) is 3.09. The molecule has 1 N–H and O–H groups in total. The van der Waals surface area contributed by atoms with Crippen LogP contribution in [0.15, 0.2) is 36.9 Å². The molecule has 0 aromatic carbocycles. The van der Waals surface area contributed by atoms with Crippen LogP contribution in [0.4, 0.5) is 5.82 Å². The van der Waals surface area contributed by atoms with Crippen molar-refractivity contribution in [2.75, 3.05) is 5.32 Å². The Morgan fingerprint density at radius 1 is 1.19 bits per heavy atom. The van der Waals surface area contributed by atoms with Gasteiger partial charge in [0.1, 0.15) is 11.5 Å². The molecule has 0 bridgehead atoms. The van der Waals surface area contributed by atoms with Gasteiger partial charge in [0.15, 0.2) is 0 Å². The zero-order valence-electron chi connectivity index (χ0n) is 8.09. The molecule has 16 heavy (non-hydrogen) atoms. The highest BCUT2D eigenvalue weighted by molar-refractivity contribution is 6.30. The van der Waals surface area contributed by atoms with Gasteiger partial charge >= 0.3 is 0 Å². The second-order valence-corrected chi connectivity index (χ2v) is 3.34. The van der Waals surface area contributed by atoms with Gasteiger partial charge in [0.25, 0.3) is 5.91 Å². The van der Waals surface area contributed by atoms with Crippen molar-refractivity contribution in [2.45, 2.75) is 0 Å². The van der Waals surface area contributed by atoms with E-state index in [1.807, 2.05) is 0 Å². The predicted molar refractivity (Wildman–Crippen MR) is 59.2 cm³/mol. The van der Waals surface area contributed by atoms with Crippen molar-refractivity contribution < 1.29 is 4.79 Å². The highest BCUT2D eigenvalue weighted by atomic mass is 35.5. The second kappa shape index (κ2) is 4.67. The molecule has 0 saturated carbocycles. The molecule has 2 aromatic rings. The number of nitrogens with one attached hydrogen (secondary N) is 1. The predicted octanol–water partition coefficient (Wildman–Crippen LogP) is 1.78. The molecular formula is C10H7ClN4O. The van der Waals surface area contributed by atoms with Crippen LogP contribution in [-0.2, 0) is 0 Å². The number of hydrogen-bond donors (Lipinski definition) is 1. The standard InChI is InChI=1S/C10H7ClN4O/c11-7-1-2-9(14-5-7)15-10(16)8-6-12-3-4-13-8/h1-6H,(H,14,15,16). The molecule has 2 rings (SSSR count). The van der Waals surface area contributed by atoms with Gasteiger partial charge in [0.05, 0.1) is 11.2 Å². The Hall–Kier alpha value is -2.01. The van der Waals surface area contributed by atoms with E-state index in [1.165, 1.54) is 24.8 Å². The SMILES string of the molecule is O=C(Nc1ccc(Cl)cn1)c1cnccn1. The monoisotopic (exact) mass is 234 g/mol. The summed E-state index contributed by atoms with van der Waals surface area (Å²) in [6.45, 7) is 0. The van der Waals surface area contributed by atoms with Crippen LogP contribution in [0.3, 0.4) is 0 Å². The summed E-state index contributed by atoms with van der Waals surface area (Å²) < 4.78 is 0. The highest BCUT2D eigenvalue weighted by Gasteiger charge is 2.07. The van der Waals surface area contributed by atoms with E-state index >= 15 is 0 Å². The molecule has 6 heteroatoms. The van der Waals surface area contributed by atoms with E-state index in [2.05, 4.69) is 20.3 Å². The zero-order chi connectivity index (χ0) is 11.4. The van der Waals surface area contributed by atoms with Gasteiger partial charge in [-0.2, -0.15) is 0 Å². The van der Waals surface area contributed by atoms with Crippen molar-refractivity contribution in [1.29, 1.82) is 0 Å². The topological polar surface area (TPSA) is 67.8 Å². The Balaban J connectivity index is 2.11. The number of nitrogens with zero attached hydrogens (tertiary/aromatic N) is 3. The van der Waals surface area contributed by atoms with Crippen LogP contribution in [0.1, 0.15) is 10.5 Å². The summed E-state index contributed by atoms with van der Waals surface area (Å²) in [5.41, 5.74) is 0.235. The Labute approximate surface area is 96.5 Å². The number of anilines is 1. The largest absolute Gasteiger partial charge is 0.305 e. The fourth-order valence-electron chi connectivity index (χ4n) is 1.05. The average molecular weight is 235 g/mol. The maximum absolute atomic E-state index is 11.6. The van der Waals surface area contributed by atoms with Crippen LogP contribution in [0.5, 0.6) is 0 Å². The first-order valence-corrected chi connectivity index (χ1v) is 4.82. The van der Waals surface area contributed by atoms with E-state index in [-0.39, 0.29) is 11.6 Å². The minimum Gasteiger partial charge on any atom is -0.305 e. The quantitative estimate of drug-likeness (QED) is 0.860. The van der Waals surface area contributed by atoms with Crippen LogP contribution in [-0.4, -0.2) is 20.9 Å². The lowest BCUT2D eigenvalue weighted by Gasteiger charge is -2.02.